The van der Waals surface area contributed by atoms with Crippen LogP contribution in [-0.2, 0) is 65.4 Å². The Bertz CT molecular complexity index is 1900. The van der Waals surface area contributed by atoms with Gasteiger partial charge >= 0.3 is 39.5 Å². The Kier molecular flexibility index (Phi) is 68.1. The van der Waals surface area contributed by atoms with Crippen LogP contribution in [0.1, 0.15) is 408 Å². The molecule has 0 aromatic carbocycles. The second-order valence-corrected chi connectivity index (χ2v) is 32.8. The summed E-state index contributed by atoms with van der Waals surface area (Å²) in [5, 5.41) is 10.6. The van der Waals surface area contributed by atoms with Crippen molar-refractivity contribution in [2.75, 3.05) is 39.6 Å². The summed E-state index contributed by atoms with van der Waals surface area (Å²) in [6, 6.07) is 0. The molecule has 0 aliphatic heterocycles. The number of rotatable bonds is 77. The first-order chi connectivity index (χ1) is 47.2. The molecule has 0 bridgehead atoms. The van der Waals surface area contributed by atoms with Crippen LogP contribution in [-0.4, -0.2) is 96.7 Å². The molecule has 0 aliphatic rings. The van der Waals surface area contributed by atoms with Crippen molar-refractivity contribution in [3.8, 4) is 0 Å². The van der Waals surface area contributed by atoms with Gasteiger partial charge in [0.25, 0.3) is 0 Å². The summed E-state index contributed by atoms with van der Waals surface area (Å²) >= 11 is 0. The molecule has 0 rings (SSSR count). The van der Waals surface area contributed by atoms with E-state index in [1.807, 2.05) is 0 Å². The van der Waals surface area contributed by atoms with Gasteiger partial charge in [-0.2, -0.15) is 0 Å². The number of unbranched alkanes of at least 4 members (excludes halogenated alkanes) is 45. The maximum absolute atomic E-state index is 13.1. The molecule has 582 valence electrons. The van der Waals surface area contributed by atoms with E-state index in [-0.39, 0.29) is 25.7 Å². The van der Waals surface area contributed by atoms with Crippen LogP contribution >= 0.6 is 15.6 Å². The molecule has 0 saturated heterocycles. The fraction of sp³-hybridized carbons (Fsp3) is 0.949. The molecule has 2 unspecified atom stereocenters. The highest BCUT2D eigenvalue weighted by molar-refractivity contribution is 7.47. The second-order valence-electron chi connectivity index (χ2n) is 29.9. The van der Waals surface area contributed by atoms with Gasteiger partial charge < -0.3 is 33.8 Å². The average molecular weight is 1440 g/mol. The van der Waals surface area contributed by atoms with Crippen LogP contribution in [0.4, 0.5) is 0 Å². The number of carbonyl (C=O) groups is 4. The molecule has 0 saturated carbocycles. The standard InChI is InChI=1S/C79H154O17P2/c1-8-9-10-11-12-13-14-15-16-17-18-19-20-21-22-23-28-33-40-48-55-62-78(83)95-74(66-89-76(81)60-53-46-39-32-27-25-24-26-30-36-43-50-57-70(2)3)68-93-97(85,86)91-64-73(80)65-92-98(87,88)94-69-75(67-90-77(82)61-54-47-42-35-38-45-52-59-72(6)7)96-79(84)63-56-49-41-34-29-31-37-44-51-58-71(4)5/h70-75,80H,8-69H2,1-7H3,(H,85,86)(H,87,88)/t73-,74-,75-/m1/s1. The van der Waals surface area contributed by atoms with Crippen molar-refractivity contribution in [3.63, 3.8) is 0 Å². The van der Waals surface area contributed by atoms with E-state index >= 15 is 0 Å². The lowest BCUT2D eigenvalue weighted by molar-refractivity contribution is -0.161. The van der Waals surface area contributed by atoms with Crippen LogP contribution in [0.5, 0.6) is 0 Å². The monoisotopic (exact) mass is 1440 g/mol. The minimum absolute atomic E-state index is 0.104. The zero-order valence-corrected chi connectivity index (χ0v) is 66.0. The Labute approximate surface area is 600 Å². The summed E-state index contributed by atoms with van der Waals surface area (Å²) in [7, 11) is -9.92. The first-order valence-corrected chi connectivity index (χ1v) is 43.8. The average Bonchev–Trinajstić information content (AvgIpc) is 0.937. The van der Waals surface area contributed by atoms with E-state index in [1.54, 1.807) is 0 Å². The first kappa shape index (κ1) is 96.1. The quantitative estimate of drug-likeness (QED) is 0.0222. The van der Waals surface area contributed by atoms with Crippen LogP contribution < -0.4 is 0 Å². The maximum Gasteiger partial charge on any atom is 0.472 e. The van der Waals surface area contributed by atoms with Gasteiger partial charge in [0.15, 0.2) is 12.2 Å². The van der Waals surface area contributed by atoms with Crippen molar-refractivity contribution in [3.05, 3.63) is 0 Å². The minimum atomic E-state index is -4.96. The number of carbonyl (C=O) groups excluding carboxylic acids is 4. The molecule has 19 heteroatoms. The van der Waals surface area contributed by atoms with Crippen molar-refractivity contribution in [2.24, 2.45) is 17.8 Å². The molecule has 0 aromatic rings. The Hall–Kier alpha value is -1.94. The van der Waals surface area contributed by atoms with Crippen molar-refractivity contribution in [1.29, 1.82) is 0 Å². The van der Waals surface area contributed by atoms with Crippen LogP contribution in [0.25, 0.3) is 0 Å². The molecule has 98 heavy (non-hydrogen) atoms. The molecule has 5 atom stereocenters. The van der Waals surface area contributed by atoms with Crippen molar-refractivity contribution in [2.45, 2.75) is 426 Å². The summed E-state index contributed by atoms with van der Waals surface area (Å²) < 4.78 is 68.6. The third-order valence-electron chi connectivity index (χ3n) is 18.4. The van der Waals surface area contributed by atoms with Gasteiger partial charge in [0, 0.05) is 25.7 Å². The smallest absolute Gasteiger partial charge is 0.462 e. The number of esters is 4. The maximum atomic E-state index is 13.1. The Morgan fingerprint density at radius 2 is 0.469 bits per heavy atom. The second kappa shape index (κ2) is 69.4. The number of ether oxygens (including phenoxy) is 4. The minimum Gasteiger partial charge on any atom is -0.462 e. The molecule has 0 heterocycles. The SMILES string of the molecule is CCCCCCCCCCCCCCCCCCCCCCCC(=O)O[C@H](COC(=O)CCCCCCCCCCCCCCC(C)C)COP(=O)(O)OC[C@@H](O)COP(=O)(O)OC[C@@H](COC(=O)CCCCCCCCCC(C)C)OC(=O)CCCCCCCCCCCC(C)C. The lowest BCUT2D eigenvalue weighted by Gasteiger charge is -2.21. The predicted octanol–water partition coefficient (Wildman–Crippen LogP) is 23.4. The highest BCUT2D eigenvalue weighted by atomic mass is 31.2. The fourth-order valence-electron chi connectivity index (χ4n) is 12.1. The molecule has 0 aliphatic carbocycles. The van der Waals surface area contributed by atoms with E-state index in [1.165, 1.54) is 212 Å². The molecule has 17 nitrogen and oxygen atoms in total. The zero-order chi connectivity index (χ0) is 72.3. The number of hydrogen-bond donors (Lipinski definition) is 3. The molecule has 0 spiro atoms. The van der Waals surface area contributed by atoms with Crippen LogP contribution in [0.3, 0.4) is 0 Å². The van der Waals surface area contributed by atoms with Gasteiger partial charge in [-0.15, -0.1) is 0 Å². The topological polar surface area (TPSA) is 237 Å². The lowest BCUT2D eigenvalue weighted by atomic mass is 10.0. The molecule has 0 radical (unpaired) electrons. The van der Waals surface area contributed by atoms with E-state index < -0.39 is 97.5 Å². The van der Waals surface area contributed by atoms with E-state index in [2.05, 4.69) is 48.5 Å². The summed E-state index contributed by atoms with van der Waals surface area (Å²) in [5.74, 6) is 0.106. The van der Waals surface area contributed by atoms with Gasteiger partial charge in [-0.25, -0.2) is 9.13 Å². The molecule has 0 fully saturated rings. The largest absolute Gasteiger partial charge is 0.472 e. The van der Waals surface area contributed by atoms with Gasteiger partial charge in [-0.3, -0.25) is 37.3 Å². The zero-order valence-electron chi connectivity index (χ0n) is 64.3. The number of phosphoric ester groups is 2. The first-order valence-electron chi connectivity index (χ1n) is 40.8. The molecular weight excluding hydrogens is 1280 g/mol. The molecule has 3 N–H and O–H groups in total. The van der Waals surface area contributed by atoms with E-state index in [9.17, 15) is 43.2 Å². The Morgan fingerprint density at radius 3 is 0.694 bits per heavy atom. The Balaban J connectivity index is 5.21. The Morgan fingerprint density at radius 1 is 0.276 bits per heavy atom. The van der Waals surface area contributed by atoms with E-state index in [0.717, 1.165) is 108 Å². The van der Waals surface area contributed by atoms with Gasteiger partial charge in [0.2, 0.25) is 0 Å². The van der Waals surface area contributed by atoms with Crippen LogP contribution in [0, 0.1) is 17.8 Å². The fourth-order valence-corrected chi connectivity index (χ4v) is 13.7. The van der Waals surface area contributed by atoms with Crippen molar-refractivity contribution < 1.29 is 80.2 Å². The molecule has 0 amide bonds. The summed E-state index contributed by atoms with van der Waals surface area (Å²) in [4.78, 5) is 72.9. The summed E-state index contributed by atoms with van der Waals surface area (Å²) in [6.45, 7) is 11.8. The highest BCUT2D eigenvalue weighted by Gasteiger charge is 2.30. The van der Waals surface area contributed by atoms with Gasteiger partial charge in [-0.05, 0) is 43.4 Å². The predicted molar refractivity (Wildman–Crippen MR) is 400 cm³/mol. The number of hydrogen-bond acceptors (Lipinski definition) is 15. The summed E-state index contributed by atoms with van der Waals surface area (Å²) in [5.41, 5.74) is 0. The molecular formula is C79H154O17P2. The highest BCUT2D eigenvalue weighted by Crippen LogP contribution is 2.45. The normalized spacial score (nSPS) is 14.0. The van der Waals surface area contributed by atoms with Crippen molar-refractivity contribution in [1.82, 2.24) is 0 Å². The van der Waals surface area contributed by atoms with Crippen molar-refractivity contribution >= 4 is 39.5 Å². The van der Waals surface area contributed by atoms with Crippen LogP contribution in [0.2, 0.25) is 0 Å². The molecule has 0 aromatic heterocycles. The lowest BCUT2D eigenvalue weighted by Crippen LogP contribution is -2.30. The van der Waals surface area contributed by atoms with Gasteiger partial charge in [-0.1, -0.05) is 357 Å². The van der Waals surface area contributed by atoms with E-state index in [4.69, 9.17) is 37.0 Å². The summed E-state index contributed by atoms with van der Waals surface area (Å²) in [6.07, 6.45) is 57.1. The van der Waals surface area contributed by atoms with Crippen LogP contribution in [0.15, 0.2) is 0 Å². The van der Waals surface area contributed by atoms with Gasteiger partial charge in [0.05, 0.1) is 26.4 Å². The number of aliphatic hydroxyl groups excluding tert-OH is 1. The number of aliphatic hydroxyl groups is 1. The van der Waals surface area contributed by atoms with Gasteiger partial charge in [0.1, 0.15) is 19.3 Å². The third-order valence-corrected chi connectivity index (χ3v) is 20.3. The number of phosphoric acid groups is 2. The van der Waals surface area contributed by atoms with E-state index in [0.29, 0.717) is 31.6 Å². The third kappa shape index (κ3) is 72.4.